The molecule has 1 N–H and O–H groups in total. The van der Waals surface area contributed by atoms with Gasteiger partial charge in [-0.05, 0) is 0 Å². The van der Waals surface area contributed by atoms with Crippen molar-refractivity contribution in [2.24, 2.45) is 0 Å². The lowest BCUT2D eigenvalue weighted by Gasteiger charge is -2.02. The van der Waals surface area contributed by atoms with Crippen LogP contribution < -0.4 is 0 Å². The zero-order valence-electron chi connectivity index (χ0n) is 7.91. The van der Waals surface area contributed by atoms with E-state index in [1.807, 2.05) is 0 Å². The molecular formula is C7H9N3O5. The Labute approximate surface area is 84.2 Å². The molecule has 0 aliphatic carbocycles. The summed E-state index contributed by atoms with van der Waals surface area (Å²) in [6.45, 7) is -0.277. The summed E-state index contributed by atoms with van der Waals surface area (Å²) in [4.78, 5) is 21.0. The Balaban J connectivity index is 3.19. The third-order valence-electron chi connectivity index (χ3n) is 1.71. The Morgan fingerprint density at radius 2 is 2.47 bits per heavy atom. The van der Waals surface area contributed by atoms with Gasteiger partial charge >= 0.3 is 11.7 Å². The van der Waals surface area contributed by atoms with Gasteiger partial charge in [-0.3, -0.25) is 10.1 Å². The number of aromatic nitrogens is 2. The molecule has 8 nitrogen and oxygen atoms in total. The molecule has 0 aliphatic heterocycles. The van der Waals surface area contributed by atoms with Crippen LogP contribution in [0.15, 0.2) is 6.20 Å². The lowest BCUT2D eigenvalue weighted by molar-refractivity contribution is -0.385. The normalized spacial score (nSPS) is 10.0. The summed E-state index contributed by atoms with van der Waals surface area (Å²) in [5.74, 6) is -0.854. The predicted molar refractivity (Wildman–Crippen MR) is 47.3 cm³/mol. The first kappa shape index (κ1) is 11.1. The summed E-state index contributed by atoms with van der Waals surface area (Å²) >= 11 is 0. The third-order valence-corrected chi connectivity index (χ3v) is 1.71. The van der Waals surface area contributed by atoms with E-state index in [1.54, 1.807) is 0 Å². The van der Waals surface area contributed by atoms with Crippen LogP contribution in [-0.4, -0.2) is 39.5 Å². The molecule has 82 valence electrons. The monoisotopic (exact) mass is 215 g/mol. The second-order valence-corrected chi connectivity index (χ2v) is 2.57. The van der Waals surface area contributed by atoms with Crippen molar-refractivity contribution in [3.8, 4) is 0 Å². The maximum absolute atomic E-state index is 11.2. The lowest BCUT2D eigenvalue weighted by Crippen LogP contribution is -2.15. The number of nitro groups is 1. The van der Waals surface area contributed by atoms with Crippen LogP contribution in [0.25, 0.3) is 0 Å². The maximum Gasteiger partial charge on any atom is 0.363 e. The van der Waals surface area contributed by atoms with Gasteiger partial charge in [-0.1, -0.05) is 0 Å². The van der Waals surface area contributed by atoms with Gasteiger partial charge in [0.2, 0.25) is 5.69 Å². The van der Waals surface area contributed by atoms with Gasteiger partial charge in [-0.25, -0.2) is 9.48 Å². The highest BCUT2D eigenvalue weighted by molar-refractivity contribution is 5.91. The van der Waals surface area contributed by atoms with E-state index < -0.39 is 16.6 Å². The predicted octanol–water partition coefficient (Wildman–Crippen LogP) is -0.430. The van der Waals surface area contributed by atoms with Gasteiger partial charge in [0, 0.05) is 0 Å². The lowest BCUT2D eigenvalue weighted by atomic mass is 10.3. The SMILES string of the molecule is COC(=O)c1c([N+](=O)[O-])cnn1CCO. The summed E-state index contributed by atoms with van der Waals surface area (Å²) in [5.41, 5.74) is -0.702. The smallest absolute Gasteiger partial charge is 0.363 e. The van der Waals surface area contributed by atoms with Crippen molar-refractivity contribution in [3.05, 3.63) is 22.0 Å². The number of rotatable bonds is 4. The summed E-state index contributed by atoms with van der Waals surface area (Å²) in [5, 5.41) is 22.8. The molecule has 15 heavy (non-hydrogen) atoms. The minimum absolute atomic E-state index is 0.00171. The van der Waals surface area contributed by atoms with Crippen LogP contribution in [-0.2, 0) is 11.3 Å². The number of hydrogen-bond donors (Lipinski definition) is 1. The van der Waals surface area contributed by atoms with Crippen LogP contribution in [0.3, 0.4) is 0 Å². The van der Waals surface area contributed by atoms with Crippen LogP contribution in [0.2, 0.25) is 0 Å². The average Bonchev–Trinajstić information content (AvgIpc) is 2.61. The second kappa shape index (κ2) is 4.51. The highest BCUT2D eigenvalue weighted by Gasteiger charge is 2.27. The Hall–Kier alpha value is -1.96. The Bertz CT molecular complexity index is 386. The van der Waals surface area contributed by atoms with Crippen LogP contribution in [0.5, 0.6) is 0 Å². The van der Waals surface area contributed by atoms with Gasteiger partial charge in [0.15, 0.2) is 0 Å². The van der Waals surface area contributed by atoms with Crippen molar-refractivity contribution in [1.29, 1.82) is 0 Å². The summed E-state index contributed by atoms with van der Waals surface area (Å²) in [6.07, 6.45) is 0.946. The van der Waals surface area contributed by atoms with Crippen LogP contribution in [0.4, 0.5) is 5.69 Å². The molecule has 0 radical (unpaired) electrons. The fourth-order valence-corrected chi connectivity index (χ4v) is 1.08. The first-order chi connectivity index (χ1) is 7.11. The minimum Gasteiger partial charge on any atom is -0.464 e. The Kier molecular flexibility index (Phi) is 3.34. The number of hydrogen-bond acceptors (Lipinski definition) is 6. The average molecular weight is 215 g/mol. The van der Waals surface area contributed by atoms with Crippen molar-refractivity contribution < 1.29 is 19.6 Å². The van der Waals surface area contributed by atoms with Crippen molar-refractivity contribution in [3.63, 3.8) is 0 Å². The van der Waals surface area contributed by atoms with Gasteiger partial charge in [0.25, 0.3) is 0 Å². The second-order valence-electron chi connectivity index (χ2n) is 2.57. The standard InChI is InChI=1S/C7H9N3O5/c1-15-7(12)6-5(10(13)14)4-8-9(6)2-3-11/h4,11H,2-3H2,1H3. The van der Waals surface area contributed by atoms with Crippen LogP contribution >= 0.6 is 0 Å². The molecule has 1 rings (SSSR count). The third kappa shape index (κ3) is 2.10. The highest BCUT2D eigenvalue weighted by Crippen LogP contribution is 2.18. The van der Waals surface area contributed by atoms with E-state index >= 15 is 0 Å². The number of methoxy groups -OCH3 is 1. The summed E-state index contributed by atoms with van der Waals surface area (Å²) < 4.78 is 5.42. The zero-order valence-corrected chi connectivity index (χ0v) is 7.91. The number of carbonyl (C=O) groups is 1. The molecule has 0 bridgehead atoms. The van der Waals surface area contributed by atoms with E-state index in [2.05, 4.69) is 9.84 Å². The van der Waals surface area contributed by atoms with Gasteiger partial charge in [0.1, 0.15) is 6.20 Å². The van der Waals surface area contributed by atoms with Crippen molar-refractivity contribution >= 4 is 11.7 Å². The minimum atomic E-state index is -0.854. The molecule has 1 aromatic heterocycles. The summed E-state index contributed by atoms with van der Waals surface area (Å²) in [7, 11) is 1.11. The molecule has 0 unspecified atom stereocenters. The molecule has 0 saturated heterocycles. The van der Waals surface area contributed by atoms with E-state index in [4.69, 9.17) is 5.11 Å². The number of esters is 1. The molecule has 0 aliphatic rings. The summed E-state index contributed by atoms with van der Waals surface area (Å²) in [6, 6.07) is 0. The van der Waals surface area contributed by atoms with Crippen molar-refractivity contribution in [1.82, 2.24) is 9.78 Å². The number of aliphatic hydroxyl groups excluding tert-OH is 1. The van der Waals surface area contributed by atoms with E-state index in [0.29, 0.717) is 0 Å². The number of ether oxygens (including phenoxy) is 1. The van der Waals surface area contributed by atoms with Gasteiger partial charge < -0.3 is 9.84 Å². The van der Waals surface area contributed by atoms with E-state index in [9.17, 15) is 14.9 Å². The molecule has 1 aromatic rings. The molecule has 8 heteroatoms. The highest BCUT2D eigenvalue weighted by atomic mass is 16.6. The van der Waals surface area contributed by atoms with Gasteiger partial charge in [-0.2, -0.15) is 5.10 Å². The van der Waals surface area contributed by atoms with Crippen LogP contribution in [0, 0.1) is 10.1 Å². The molecule has 0 aromatic carbocycles. The first-order valence-corrected chi connectivity index (χ1v) is 4.01. The largest absolute Gasteiger partial charge is 0.464 e. The zero-order chi connectivity index (χ0) is 11.4. The molecule has 0 spiro atoms. The van der Waals surface area contributed by atoms with Crippen LogP contribution in [0.1, 0.15) is 10.5 Å². The fraction of sp³-hybridized carbons (Fsp3) is 0.429. The van der Waals surface area contributed by atoms with E-state index in [1.165, 1.54) is 0 Å². The molecule has 1 heterocycles. The van der Waals surface area contributed by atoms with Gasteiger partial charge in [0.05, 0.1) is 25.2 Å². The number of aliphatic hydroxyl groups is 1. The quantitative estimate of drug-likeness (QED) is 0.414. The fourth-order valence-electron chi connectivity index (χ4n) is 1.08. The number of nitrogens with zero attached hydrogens (tertiary/aromatic N) is 3. The van der Waals surface area contributed by atoms with Gasteiger partial charge in [-0.15, -0.1) is 0 Å². The molecule has 0 saturated carbocycles. The topological polar surface area (TPSA) is 107 Å². The molecule has 0 amide bonds. The first-order valence-electron chi connectivity index (χ1n) is 4.01. The van der Waals surface area contributed by atoms with Crippen molar-refractivity contribution in [2.45, 2.75) is 6.54 Å². The van der Waals surface area contributed by atoms with E-state index in [0.717, 1.165) is 18.0 Å². The Morgan fingerprint density at radius 1 is 1.80 bits per heavy atom. The Morgan fingerprint density at radius 3 is 2.93 bits per heavy atom. The molecule has 0 fully saturated rings. The molecular weight excluding hydrogens is 206 g/mol. The van der Waals surface area contributed by atoms with E-state index in [-0.39, 0.29) is 18.8 Å². The molecule has 0 atom stereocenters. The number of carbonyl (C=O) groups excluding carboxylic acids is 1. The van der Waals surface area contributed by atoms with Crippen molar-refractivity contribution in [2.75, 3.05) is 13.7 Å². The maximum atomic E-state index is 11.2.